The van der Waals surface area contributed by atoms with E-state index in [-0.39, 0.29) is 5.91 Å². The molecule has 7 nitrogen and oxygen atoms in total. The van der Waals surface area contributed by atoms with E-state index in [0.29, 0.717) is 43.6 Å². The van der Waals surface area contributed by atoms with Gasteiger partial charge in [0, 0.05) is 18.8 Å². The number of rotatable bonds is 5. The van der Waals surface area contributed by atoms with Gasteiger partial charge >= 0.3 is 0 Å². The molecule has 3 heterocycles. The van der Waals surface area contributed by atoms with Crippen molar-refractivity contribution in [3.05, 3.63) is 59.8 Å². The van der Waals surface area contributed by atoms with Gasteiger partial charge in [-0.2, -0.15) is 0 Å². The first-order valence-corrected chi connectivity index (χ1v) is 8.16. The predicted molar refractivity (Wildman–Crippen MR) is 93.2 cm³/mol. The summed E-state index contributed by atoms with van der Waals surface area (Å²) in [6.45, 7) is 9.59. The Bertz CT molecular complexity index is 825. The van der Waals surface area contributed by atoms with E-state index in [9.17, 15) is 4.79 Å². The monoisotopic (exact) mass is 339 g/mol. The number of aromatic nitrogens is 4. The second-order valence-electron chi connectivity index (χ2n) is 5.77. The number of fused-ring (bicyclic) bond motifs is 1. The molecule has 0 spiro atoms. The summed E-state index contributed by atoms with van der Waals surface area (Å²) in [6.07, 6.45) is 5.32. The third-order valence-corrected chi connectivity index (χ3v) is 4.08. The molecule has 0 saturated heterocycles. The largest absolute Gasteiger partial charge is 0.472 e. The van der Waals surface area contributed by atoms with Crippen LogP contribution < -0.4 is 4.74 Å². The number of allylic oxidation sites excluding steroid dienone is 1. The maximum atomic E-state index is 12.6. The zero-order chi connectivity index (χ0) is 17.8. The minimum atomic E-state index is -0.0942. The minimum absolute atomic E-state index is 0.0942. The van der Waals surface area contributed by atoms with Gasteiger partial charge < -0.3 is 9.64 Å². The van der Waals surface area contributed by atoms with E-state index in [1.165, 1.54) is 0 Å². The van der Waals surface area contributed by atoms with Crippen LogP contribution in [0.4, 0.5) is 0 Å². The van der Waals surface area contributed by atoms with Crippen LogP contribution in [0.25, 0.3) is 0 Å². The third kappa shape index (κ3) is 3.76. The molecule has 7 heteroatoms. The lowest BCUT2D eigenvalue weighted by atomic mass is 10.2. The number of hydrogen-bond acceptors (Lipinski definition) is 5. The Hall–Kier alpha value is -2.96. The average molecular weight is 339 g/mol. The number of carbonyl (C=O) groups is 1. The summed E-state index contributed by atoms with van der Waals surface area (Å²) < 4.78 is 7.59. The van der Waals surface area contributed by atoms with Crippen molar-refractivity contribution >= 4 is 5.91 Å². The zero-order valence-corrected chi connectivity index (χ0v) is 14.5. The van der Waals surface area contributed by atoms with Gasteiger partial charge in [0.1, 0.15) is 18.1 Å². The molecule has 0 atom stereocenters. The van der Waals surface area contributed by atoms with Crippen molar-refractivity contribution in [2.24, 2.45) is 0 Å². The molecule has 0 unspecified atom stereocenters. The molecule has 2 aromatic heterocycles. The van der Waals surface area contributed by atoms with Gasteiger partial charge in [-0.15, -0.1) is 5.10 Å². The second-order valence-corrected chi connectivity index (χ2v) is 5.77. The van der Waals surface area contributed by atoms with E-state index in [2.05, 4.69) is 21.6 Å². The highest BCUT2D eigenvalue weighted by Gasteiger charge is 2.24. The molecule has 2 aromatic rings. The van der Waals surface area contributed by atoms with Crippen molar-refractivity contribution < 1.29 is 9.53 Å². The average Bonchev–Trinajstić information content (AvgIpc) is 3.04. The van der Waals surface area contributed by atoms with E-state index >= 15 is 0 Å². The lowest BCUT2D eigenvalue weighted by Gasteiger charge is -2.27. The number of nitrogens with zero attached hydrogens (tertiary/aromatic N) is 5. The molecule has 25 heavy (non-hydrogen) atoms. The molecule has 0 fully saturated rings. The van der Waals surface area contributed by atoms with Crippen LogP contribution in [0.5, 0.6) is 5.88 Å². The zero-order valence-electron chi connectivity index (χ0n) is 14.5. The maximum Gasteiger partial charge on any atom is 0.273 e. The maximum absolute atomic E-state index is 12.6. The molecule has 1 amide bonds. The van der Waals surface area contributed by atoms with Crippen molar-refractivity contribution in [3.63, 3.8) is 0 Å². The molecule has 0 radical (unpaired) electrons. The number of amides is 1. The van der Waals surface area contributed by atoms with Crippen molar-refractivity contribution in [1.29, 1.82) is 0 Å². The second kappa shape index (κ2) is 7.29. The van der Waals surface area contributed by atoms with Gasteiger partial charge in [0.25, 0.3) is 5.91 Å². The first-order chi connectivity index (χ1) is 12.1. The van der Waals surface area contributed by atoms with Gasteiger partial charge in [-0.05, 0) is 25.5 Å². The Balaban J connectivity index is 1.69. The molecular weight excluding hydrogens is 318 g/mol. The highest BCUT2D eigenvalue weighted by molar-refractivity contribution is 5.92. The molecule has 1 aliphatic rings. The van der Waals surface area contributed by atoms with E-state index in [0.717, 1.165) is 11.3 Å². The number of carbonyl (C=O) groups excluding carboxylic acids is 1. The van der Waals surface area contributed by atoms with Gasteiger partial charge in [-0.3, -0.25) is 9.48 Å². The fraction of sp³-hybridized carbons (Fsp3) is 0.333. The fourth-order valence-corrected chi connectivity index (χ4v) is 2.64. The third-order valence-electron chi connectivity index (χ3n) is 4.08. The van der Waals surface area contributed by atoms with Crippen LogP contribution in [-0.4, -0.2) is 43.7 Å². The SMILES string of the molecule is C=C/C(=C\C)COc1cc2n(n1)CCN(C(=O)c1ccnc(C)n1)C2. The van der Waals surface area contributed by atoms with Crippen LogP contribution in [0.3, 0.4) is 0 Å². The van der Waals surface area contributed by atoms with Crippen LogP contribution in [0, 0.1) is 6.92 Å². The van der Waals surface area contributed by atoms with E-state index in [1.807, 2.05) is 23.7 Å². The van der Waals surface area contributed by atoms with Crippen molar-refractivity contribution in [2.45, 2.75) is 26.9 Å². The Kier molecular flexibility index (Phi) is 4.92. The summed E-state index contributed by atoms with van der Waals surface area (Å²) >= 11 is 0. The molecule has 0 aliphatic carbocycles. The Morgan fingerprint density at radius 3 is 3.00 bits per heavy atom. The van der Waals surface area contributed by atoms with Gasteiger partial charge in [-0.1, -0.05) is 18.7 Å². The lowest BCUT2D eigenvalue weighted by Crippen LogP contribution is -2.38. The lowest BCUT2D eigenvalue weighted by molar-refractivity contribution is 0.0699. The summed E-state index contributed by atoms with van der Waals surface area (Å²) in [6, 6.07) is 3.52. The van der Waals surface area contributed by atoms with E-state index in [4.69, 9.17) is 4.74 Å². The van der Waals surface area contributed by atoms with Crippen LogP contribution in [0.1, 0.15) is 28.9 Å². The minimum Gasteiger partial charge on any atom is -0.472 e. The summed E-state index contributed by atoms with van der Waals surface area (Å²) in [5, 5.41) is 4.44. The van der Waals surface area contributed by atoms with Crippen LogP contribution >= 0.6 is 0 Å². The first-order valence-electron chi connectivity index (χ1n) is 8.16. The fourth-order valence-electron chi connectivity index (χ4n) is 2.64. The van der Waals surface area contributed by atoms with Gasteiger partial charge in [0.05, 0.1) is 18.8 Å². The summed E-state index contributed by atoms with van der Waals surface area (Å²) in [7, 11) is 0. The molecule has 3 rings (SSSR count). The smallest absolute Gasteiger partial charge is 0.273 e. The van der Waals surface area contributed by atoms with Crippen LogP contribution in [0.15, 0.2) is 42.6 Å². The molecule has 130 valence electrons. The Morgan fingerprint density at radius 1 is 1.44 bits per heavy atom. The Labute approximate surface area is 146 Å². The van der Waals surface area contributed by atoms with E-state index in [1.54, 1.807) is 30.2 Å². The molecular formula is C18H21N5O2. The predicted octanol–water partition coefficient (Wildman–Crippen LogP) is 2.15. The summed E-state index contributed by atoms with van der Waals surface area (Å²) in [4.78, 5) is 22.6. The topological polar surface area (TPSA) is 73.1 Å². The molecule has 0 bridgehead atoms. The van der Waals surface area contributed by atoms with Gasteiger partial charge in [0.15, 0.2) is 0 Å². The quantitative estimate of drug-likeness (QED) is 0.781. The van der Waals surface area contributed by atoms with Crippen molar-refractivity contribution in [2.75, 3.05) is 13.2 Å². The van der Waals surface area contributed by atoms with Crippen molar-refractivity contribution in [3.8, 4) is 5.88 Å². The molecule has 1 aliphatic heterocycles. The van der Waals surface area contributed by atoms with Crippen LogP contribution in [-0.2, 0) is 13.1 Å². The van der Waals surface area contributed by atoms with Crippen molar-refractivity contribution in [1.82, 2.24) is 24.6 Å². The first kappa shape index (κ1) is 16.9. The van der Waals surface area contributed by atoms with Crippen LogP contribution in [0.2, 0.25) is 0 Å². The number of aryl methyl sites for hydroxylation is 1. The molecule has 0 saturated carbocycles. The normalized spacial score (nSPS) is 14.2. The molecule has 0 aromatic carbocycles. The standard InChI is InChI=1S/C18H21N5O2/c1-4-14(5-2)12-25-17-10-15-11-22(8-9-23(15)21-17)18(24)16-6-7-19-13(3)20-16/h4-7,10H,1,8-9,11-12H2,2-3H3/b14-5+. The number of hydrogen-bond donors (Lipinski definition) is 0. The summed E-state index contributed by atoms with van der Waals surface area (Å²) in [5.41, 5.74) is 2.36. The summed E-state index contributed by atoms with van der Waals surface area (Å²) in [5.74, 6) is 1.05. The van der Waals surface area contributed by atoms with Gasteiger partial charge in [-0.25, -0.2) is 9.97 Å². The van der Waals surface area contributed by atoms with Gasteiger partial charge in [0.2, 0.25) is 5.88 Å². The number of ether oxygens (including phenoxy) is 1. The Morgan fingerprint density at radius 2 is 2.28 bits per heavy atom. The highest BCUT2D eigenvalue weighted by Crippen LogP contribution is 2.19. The molecule has 0 N–H and O–H groups in total. The van der Waals surface area contributed by atoms with E-state index < -0.39 is 0 Å². The highest BCUT2D eigenvalue weighted by atomic mass is 16.5.